The maximum Gasteiger partial charge on any atom is 0.306 e. The molecule has 0 aliphatic rings. The number of aromatic amines is 1. The summed E-state index contributed by atoms with van der Waals surface area (Å²) in [6.45, 7) is -0.343. The standard InChI is InChI=1S/C21H20N2O5/c1-27-18-10-5-3-8-15(18)17(24)13-28-20(25)12-6-11-19-22-16-9-4-2-7-14(16)21(26)23-19/h2-5,7-10H,6,11-13H2,1H3,(H,22,23,26). The summed E-state index contributed by atoms with van der Waals surface area (Å²) in [7, 11) is 1.48. The number of hydrogen-bond donors (Lipinski definition) is 1. The molecule has 0 saturated carbocycles. The van der Waals surface area contributed by atoms with E-state index in [-0.39, 0.29) is 24.4 Å². The molecule has 0 spiro atoms. The highest BCUT2D eigenvalue weighted by Gasteiger charge is 2.14. The number of benzene rings is 2. The Labute approximate surface area is 161 Å². The Kier molecular flexibility index (Phi) is 6.16. The Hall–Kier alpha value is -3.48. The highest BCUT2D eigenvalue weighted by Crippen LogP contribution is 2.18. The summed E-state index contributed by atoms with van der Waals surface area (Å²) in [5, 5.41) is 0.528. The van der Waals surface area contributed by atoms with Gasteiger partial charge in [0.05, 0.1) is 23.6 Å². The molecule has 0 bridgehead atoms. The van der Waals surface area contributed by atoms with Crippen molar-refractivity contribution in [3.05, 3.63) is 70.3 Å². The van der Waals surface area contributed by atoms with Gasteiger partial charge in [0.2, 0.25) is 5.78 Å². The molecule has 3 rings (SSSR count). The lowest BCUT2D eigenvalue weighted by Crippen LogP contribution is -2.15. The van der Waals surface area contributed by atoms with Crippen LogP contribution < -0.4 is 10.3 Å². The molecule has 0 aliphatic heterocycles. The van der Waals surface area contributed by atoms with E-state index in [1.165, 1.54) is 7.11 Å². The predicted octanol–water partition coefficient (Wildman–Crippen LogP) is 2.68. The van der Waals surface area contributed by atoms with Crippen LogP contribution in [0.4, 0.5) is 0 Å². The monoisotopic (exact) mass is 380 g/mol. The van der Waals surface area contributed by atoms with E-state index in [2.05, 4.69) is 9.97 Å². The van der Waals surface area contributed by atoms with Gasteiger partial charge in [-0.3, -0.25) is 14.4 Å². The molecule has 7 heteroatoms. The van der Waals surface area contributed by atoms with E-state index in [1.807, 2.05) is 6.07 Å². The second-order valence-corrected chi connectivity index (χ2v) is 6.17. The molecule has 2 aromatic carbocycles. The summed E-state index contributed by atoms with van der Waals surface area (Å²) in [4.78, 5) is 43.2. The van der Waals surface area contributed by atoms with Crippen LogP contribution >= 0.6 is 0 Å². The molecule has 0 unspecified atom stereocenters. The maximum absolute atomic E-state index is 12.2. The number of aromatic nitrogens is 2. The van der Waals surface area contributed by atoms with Crippen molar-refractivity contribution < 1.29 is 19.1 Å². The van der Waals surface area contributed by atoms with Crippen LogP contribution in [0.3, 0.4) is 0 Å². The number of aryl methyl sites for hydroxylation is 1. The van der Waals surface area contributed by atoms with Crippen LogP contribution in [-0.2, 0) is 16.0 Å². The predicted molar refractivity (Wildman–Crippen MR) is 104 cm³/mol. The average molecular weight is 380 g/mol. The van der Waals surface area contributed by atoms with Gasteiger partial charge in [0.25, 0.3) is 5.56 Å². The minimum atomic E-state index is -0.480. The first-order valence-electron chi connectivity index (χ1n) is 8.88. The molecular formula is C21H20N2O5. The minimum absolute atomic E-state index is 0.121. The van der Waals surface area contributed by atoms with Gasteiger partial charge in [-0.15, -0.1) is 0 Å². The Morgan fingerprint density at radius 3 is 2.64 bits per heavy atom. The Bertz CT molecular complexity index is 1060. The van der Waals surface area contributed by atoms with Gasteiger partial charge < -0.3 is 14.5 Å². The second-order valence-electron chi connectivity index (χ2n) is 6.17. The van der Waals surface area contributed by atoms with E-state index in [0.717, 1.165) is 0 Å². The van der Waals surface area contributed by atoms with Crippen LogP contribution in [0, 0.1) is 0 Å². The first-order chi connectivity index (χ1) is 13.6. The van der Waals surface area contributed by atoms with Crippen molar-refractivity contribution in [1.29, 1.82) is 0 Å². The molecule has 0 saturated heterocycles. The number of H-pyrrole nitrogens is 1. The fourth-order valence-electron chi connectivity index (χ4n) is 2.82. The lowest BCUT2D eigenvalue weighted by molar-refractivity contribution is -0.142. The average Bonchev–Trinajstić information content (AvgIpc) is 2.72. The Morgan fingerprint density at radius 2 is 1.82 bits per heavy atom. The van der Waals surface area contributed by atoms with E-state index >= 15 is 0 Å². The zero-order chi connectivity index (χ0) is 19.9. The fraction of sp³-hybridized carbons (Fsp3) is 0.238. The highest BCUT2D eigenvalue weighted by molar-refractivity contribution is 6.00. The molecule has 0 aliphatic carbocycles. The number of para-hydroxylation sites is 2. The van der Waals surface area contributed by atoms with Crippen molar-refractivity contribution in [1.82, 2.24) is 9.97 Å². The number of ether oxygens (including phenoxy) is 2. The zero-order valence-corrected chi connectivity index (χ0v) is 15.4. The number of hydrogen-bond acceptors (Lipinski definition) is 6. The molecular weight excluding hydrogens is 360 g/mol. The largest absolute Gasteiger partial charge is 0.496 e. The molecule has 7 nitrogen and oxygen atoms in total. The van der Waals surface area contributed by atoms with Crippen LogP contribution in [0.25, 0.3) is 10.9 Å². The van der Waals surface area contributed by atoms with Crippen molar-refractivity contribution in [2.24, 2.45) is 0 Å². The molecule has 0 atom stereocenters. The topological polar surface area (TPSA) is 98.3 Å². The molecule has 0 amide bonds. The van der Waals surface area contributed by atoms with Crippen LogP contribution in [-0.4, -0.2) is 35.4 Å². The highest BCUT2D eigenvalue weighted by atomic mass is 16.5. The van der Waals surface area contributed by atoms with Gasteiger partial charge in [0.15, 0.2) is 6.61 Å². The Morgan fingerprint density at radius 1 is 1.07 bits per heavy atom. The van der Waals surface area contributed by atoms with Gasteiger partial charge in [0.1, 0.15) is 11.6 Å². The van der Waals surface area contributed by atoms with E-state index in [0.29, 0.717) is 40.9 Å². The van der Waals surface area contributed by atoms with E-state index in [4.69, 9.17) is 9.47 Å². The molecule has 3 aromatic rings. The smallest absolute Gasteiger partial charge is 0.306 e. The molecule has 28 heavy (non-hydrogen) atoms. The summed E-state index contributed by atoms with van der Waals surface area (Å²) in [5.41, 5.74) is 0.785. The number of ketones is 1. The lowest BCUT2D eigenvalue weighted by atomic mass is 10.1. The second kappa shape index (κ2) is 8.94. The third-order valence-electron chi connectivity index (χ3n) is 4.23. The number of rotatable bonds is 8. The van der Waals surface area contributed by atoms with Gasteiger partial charge >= 0.3 is 5.97 Å². The van der Waals surface area contributed by atoms with E-state index in [1.54, 1.807) is 42.5 Å². The van der Waals surface area contributed by atoms with Crippen LogP contribution in [0.1, 0.15) is 29.0 Å². The van der Waals surface area contributed by atoms with Crippen molar-refractivity contribution in [3.63, 3.8) is 0 Å². The van der Waals surface area contributed by atoms with Crippen LogP contribution in [0.5, 0.6) is 5.75 Å². The van der Waals surface area contributed by atoms with Crippen molar-refractivity contribution in [2.45, 2.75) is 19.3 Å². The summed E-state index contributed by atoms with van der Waals surface area (Å²) in [5.74, 6) is 0.147. The molecule has 1 heterocycles. The SMILES string of the molecule is COc1ccccc1C(=O)COC(=O)CCCc1nc2ccccc2c(=O)[nH]1. The van der Waals surface area contributed by atoms with Crippen LogP contribution in [0.15, 0.2) is 53.3 Å². The minimum Gasteiger partial charge on any atom is -0.496 e. The van der Waals surface area contributed by atoms with Crippen molar-refractivity contribution in [3.8, 4) is 5.75 Å². The fourth-order valence-corrected chi connectivity index (χ4v) is 2.82. The summed E-state index contributed by atoms with van der Waals surface area (Å²) >= 11 is 0. The molecule has 144 valence electrons. The Balaban J connectivity index is 1.50. The third kappa shape index (κ3) is 4.62. The number of nitrogens with one attached hydrogen (secondary N) is 1. The molecule has 0 radical (unpaired) electrons. The number of methoxy groups -OCH3 is 1. The first-order valence-corrected chi connectivity index (χ1v) is 8.88. The van der Waals surface area contributed by atoms with Crippen molar-refractivity contribution in [2.75, 3.05) is 13.7 Å². The number of carbonyl (C=O) groups excluding carboxylic acids is 2. The number of Topliss-reactive ketones (excluding diaryl/α,β-unsaturated/α-hetero) is 1. The molecule has 1 aromatic heterocycles. The number of fused-ring (bicyclic) bond motifs is 1. The zero-order valence-electron chi connectivity index (χ0n) is 15.4. The van der Waals surface area contributed by atoms with Crippen molar-refractivity contribution >= 4 is 22.7 Å². The number of nitrogens with zero attached hydrogens (tertiary/aromatic N) is 1. The van der Waals surface area contributed by atoms with Gasteiger partial charge in [-0.25, -0.2) is 4.98 Å². The first kappa shape index (κ1) is 19.3. The number of esters is 1. The van der Waals surface area contributed by atoms with Gasteiger partial charge in [-0.1, -0.05) is 24.3 Å². The quantitative estimate of drug-likeness (QED) is 0.477. The third-order valence-corrected chi connectivity index (χ3v) is 4.23. The summed E-state index contributed by atoms with van der Waals surface area (Å²) < 4.78 is 10.2. The normalized spacial score (nSPS) is 10.6. The van der Waals surface area contributed by atoms with Gasteiger partial charge in [-0.2, -0.15) is 0 Å². The molecule has 1 N–H and O–H groups in total. The summed E-state index contributed by atoms with van der Waals surface area (Å²) in [6.07, 6.45) is 0.994. The van der Waals surface area contributed by atoms with Gasteiger partial charge in [-0.05, 0) is 30.7 Å². The lowest BCUT2D eigenvalue weighted by Gasteiger charge is -2.08. The van der Waals surface area contributed by atoms with E-state index < -0.39 is 5.97 Å². The van der Waals surface area contributed by atoms with Gasteiger partial charge in [0, 0.05) is 12.8 Å². The summed E-state index contributed by atoms with van der Waals surface area (Å²) in [6, 6.07) is 13.8. The van der Waals surface area contributed by atoms with Crippen LogP contribution in [0.2, 0.25) is 0 Å². The molecule has 0 fully saturated rings. The number of carbonyl (C=O) groups is 2. The maximum atomic E-state index is 12.2. The van der Waals surface area contributed by atoms with E-state index in [9.17, 15) is 14.4 Å².